The van der Waals surface area contributed by atoms with Crippen molar-refractivity contribution in [2.75, 3.05) is 13.1 Å². The van der Waals surface area contributed by atoms with Crippen LogP contribution in [0, 0.1) is 0 Å². The smallest absolute Gasteiger partial charge is 0.138 e. The second-order valence-corrected chi connectivity index (χ2v) is 5.26. The topological polar surface area (TPSA) is 21.3 Å². The fraction of sp³-hybridized carbons (Fsp3) is 0.571. The Labute approximate surface area is 120 Å². The van der Waals surface area contributed by atoms with Crippen LogP contribution < -0.4 is 10.1 Å². The van der Waals surface area contributed by atoms with Crippen molar-refractivity contribution in [3.05, 3.63) is 28.2 Å². The normalized spacial score (nSPS) is 12.4. The molecular weight excluding hydrogens is 269 g/mol. The van der Waals surface area contributed by atoms with Gasteiger partial charge in [0, 0.05) is 11.6 Å². The summed E-state index contributed by atoms with van der Waals surface area (Å²) < 4.78 is 5.75. The first-order valence-corrected chi connectivity index (χ1v) is 7.21. The molecular formula is C14H21Cl2NO. The highest BCUT2D eigenvalue weighted by Gasteiger charge is 2.07. The van der Waals surface area contributed by atoms with E-state index in [0.717, 1.165) is 13.1 Å². The van der Waals surface area contributed by atoms with Gasteiger partial charge in [0.25, 0.3) is 0 Å². The van der Waals surface area contributed by atoms with Gasteiger partial charge in [-0.05, 0) is 38.1 Å². The van der Waals surface area contributed by atoms with E-state index in [1.165, 1.54) is 19.3 Å². The first-order chi connectivity index (χ1) is 8.63. The lowest BCUT2D eigenvalue weighted by atomic mass is 10.2. The van der Waals surface area contributed by atoms with E-state index >= 15 is 0 Å². The average Bonchev–Trinajstić information content (AvgIpc) is 2.32. The number of halogens is 2. The lowest BCUT2D eigenvalue weighted by Crippen LogP contribution is -2.29. The van der Waals surface area contributed by atoms with Crippen molar-refractivity contribution >= 4 is 23.2 Å². The van der Waals surface area contributed by atoms with Crippen LogP contribution in [-0.2, 0) is 0 Å². The third kappa shape index (κ3) is 5.94. The van der Waals surface area contributed by atoms with E-state index in [1.807, 2.05) is 6.92 Å². The fourth-order valence-electron chi connectivity index (χ4n) is 1.63. The van der Waals surface area contributed by atoms with Gasteiger partial charge in [-0.3, -0.25) is 0 Å². The second-order valence-electron chi connectivity index (χ2n) is 4.41. The molecule has 1 unspecified atom stereocenters. The third-order valence-electron chi connectivity index (χ3n) is 2.61. The highest BCUT2D eigenvalue weighted by Crippen LogP contribution is 2.28. The van der Waals surface area contributed by atoms with Crippen LogP contribution in [0.5, 0.6) is 5.75 Å². The van der Waals surface area contributed by atoms with Crippen LogP contribution in [0.2, 0.25) is 10.0 Å². The Balaban J connectivity index is 2.28. The first-order valence-electron chi connectivity index (χ1n) is 6.46. The van der Waals surface area contributed by atoms with Gasteiger partial charge in [-0.15, -0.1) is 0 Å². The van der Waals surface area contributed by atoms with Crippen LogP contribution in [0.15, 0.2) is 18.2 Å². The lowest BCUT2D eigenvalue weighted by molar-refractivity contribution is 0.217. The molecule has 2 nitrogen and oxygen atoms in total. The van der Waals surface area contributed by atoms with Crippen molar-refractivity contribution in [1.29, 1.82) is 0 Å². The van der Waals surface area contributed by atoms with Gasteiger partial charge < -0.3 is 10.1 Å². The molecule has 102 valence electrons. The van der Waals surface area contributed by atoms with Crippen molar-refractivity contribution in [2.45, 2.75) is 39.2 Å². The van der Waals surface area contributed by atoms with E-state index in [1.54, 1.807) is 18.2 Å². The largest absolute Gasteiger partial charge is 0.488 e. The van der Waals surface area contributed by atoms with Gasteiger partial charge in [0.1, 0.15) is 11.9 Å². The average molecular weight is 290 g/mol. The molecule has 0 heterocycles. The van der Waals surface area contributed by atoms with Gasteiger partial charge in [-0.2, -0.15) is 0 Å². The zero-order valence-electron chi connectivity index (χ0n) is 11.0. The summed E-state index contributed by atoms with van der Waals surface area (Å²) in [4.78, 5) is 0. The molecule has 0 radical (unpaired) electrons. The molecule has 0 fully saturated rings. The number of hydrogen-bond acceptors (Lipinski definition) is 2. The van der Waals surface area contributed by atoms with Crippen LogP contribution in [0.4, 0.5) is 0 Å². The van der Waals surface area contributed by atoms with Gasteiger partial charge in [-0.25, -0.2) is 0 Å². The molecule has 0 bridgehead atoms. The van der Waals surface area contributed by atoms with Crippen LogP contribution in [0.25, 0.3) is 0 Å². The van der Waals surface area contributed by atoms with Crippen molar-refractivity contribution in [3.63, 3.8) is 0 Å². The molecule has 18 heavy (non-hydrogen) atoms. The molecule has 0 spiro atoms. The highest BCUT2D eigenvalue weighted by atomic mass is 35.5. The van der Waals surface area contributed by atoms with E-state index in [-0.39, 0.29) is 6.10 Å². The van der Waals surface area contributed by atoms with Crippen LogP contribution in [0.3, 0.4) is 0 Å². The molecule has 1 rings (SSSR count). The molecule has 0 saturated carbocycles. The molecule has 0 aliphatic carbocycles. The summed E-state index contributed by atoms with van der Waals surface area (Å²) in [6.07, 6.45) is 3.81. The zero-order chi connectivity index (χ0) is 13.4. The molecule has 0 aromatic heterocycles. The SMILES string of the molecule is CCCCCNCC(C)Oc1ccc(Cl)cc1Cl. The minimum atomic E-state index is 0.0882. The number of ether oxygens (including phenoxy) is 1. The van der Waals surface area contributed by atoms with E-state index in [9.17, 15) is 0 Å². The number of nitrogens with one attached hydrogen (secondary N) is 1. The zero-order valence-corrected chi connectivity index (χ0v) is 12.5. The van der Waals surface area contributed by atoms with Crippen LogP contribution >= 0.6 is 23.2 Å². The maximum atomic E-state index is 6.05. The van der Waals surface area contributed by atoms with Crippen LogP contribution in [-0.4, -0.2) is 19.2 Å². The summed E-state index contributed by atoms with van der Waals surface area (Å²) in [5, 5.41) is 4.56. The maximum absolute atomic E-state index is 6.05. The summed E-state index contributed by atoms with van der Waals surface area (Å²) in [6.45, 7) is 6.09. The maximum Gasteiger partial charge on any atom is 0.138 e. The van der Waals surface area contributed by atoms with E-state index in [0.29, 0.717) is 15.8 Å². The molecule has 0 amide bonds. The Morgan fingerprint density at radius 1 is 1.28 bits per heavy atom. The lowest BCUT2D eigenvalue weighted by Gasteiger charge is -2.16. The van der Waals surface area contributed by atoms with Gasteiger partial charge in [0.05, 0.1) is 5.02 Å². The van der Waals surface area contributed by atoms with Gasteiger partial charge in [0.2, 0.25) is 0 Å². The molecule has 4 heteroatoms. The molecule has 1 N–H and O–H groups in total. The number of unbranched alkanes of at least 4 members (excludes halogenated alkanes) is 2. The number of hydrogen-bond donors (Lipinski definition) is 1. The molecule has 1 aromatic rings. The minimum absolute atomic E-state index is 0.0882. The van der Waals surface area contributed by atoms with Gasteiger partial charge >= 0.3 is 0 Å². The Morgan fingerprint density at radius 3 is 2.72 bits per heavy atom. The van der Waals surface area contributed by atoms with Crippen molar-refractivity contribution in [3.8, 4) is 5.75 Å². The van der Waals surface area contributed by atoms with Crippen molar-refractivity contribution in [2.24, 2.45) is 0 Å². The van der Waals surface area contributed by atoms with Crippen molar-refractivity contribution < 1.29 is 4.74 Å². The Bertz CT molecular complexity index is 358. The quantitative estimate of drug-likeness (QED) is 0.710. The highest BCUT2D eigenvalue weighted by molar-refractivity contribution is 6.35. The predicted molar refractivity (Wildman–Crippen MR) is 78.9 cm³/mol. The number of benzene rings is 1. The molecule has 0 saturated heterocycles. The molecule has 1 aromatic carbocycles. The van der Waals surface area contributed by atoms with Crippen molar-refractivity contribution in [1.82, 2.24) is 5.32 Å². The Morgan fingerprint density at radius 2 is 2.06 bits per heavy atom. The van der Waals surface area contributed by atoms with Crippen LogP contribution in [0.1, 0.15) is 33.1 Å². The van der Waals surface area contributed by atoms with E-state index < -0.39 is 0 Å². The van der Waals surface area contributed by atoms with Gasteiger partial charge in [-0.1, -0.05) is 43.0 Å². The summed E-state index contributed by atoms with van der Waals surface area (Å²) in [7, 11) is 0. The Hall–Kier alpha value is -0.440. The molecule has 1 atom stereocenters. The molecule has 0 aliphatic rings. The van der Waals surface area contributed by atoms with E-state index in [2.05, 4.69) is 12.2 Å². The minimum Gasteiger partial charge on any atom is -0.488 e. The summed E-state index contributed by atoms with van der Waals surface area (Å²) in [6, 6.07) is 5.28. The predicted octanol–water partition coefficient (Wildman–Crippen LogP) is 4.54. The summed E-state index contributed by atoms with van der Waals surface area (Å²) in [5.41, 5.74) is 0. The van der Waals surface area contributed by atoms with E-state index in [4.69, 9.17) is 27.9 Å². The monoisotopic (exact) mass is 289 g/mol. The third-order valence-corrected chi connectivity index (χ3v) is 3.14. The first kappa shape index (κ1) is 15.6. The second kappa shape index (κ2) is 8.63. The number of rotatable bonds is 8. The summed E-state index contributed by atoms with van der Waals surface area (Å²) >= 11 is 11.9. The molecule has 0 aliphatic heterocycles. The van der Waals surface area contributed by atoms with Gasteiger partial charge in [0.15, 0.2) is 0 Å². The summed E-state index contributed by atoms with van der Waals surface area (Å²) in [5.74, 6) is 0.684. The standard InChI is InChI=1S/C14H21Cl2NO/c1-3-4-5-8-17-10-11(2)18-14-7-6-12(15)9-13(14)16/h6-7,9,11,17H,3-5,8,10H2,1-2H3. The Kier molecular flexibility index (Phi) is 7.48. The fourth-order valence-corrected chi connectivity index (χ4v) is 2.09.